The minimum Gasteiger partial charge on any atom is -0.490 e. The molecule has 0 saturated carbocycles. The maximum Gasteiger partial charge on any atom is 0.163 e. The molecule has 3 aromatic carbocycles. The van der Waals surface area contributed by atoms with Gasteiger partial charge in [0.05, 0.1) is 6.61 Å². The molecule has 0 aliphatic heterocycles. The minimum atomic E-state index is 0.357. The van der Waals surface area contributed by atoms with Gasteiger partial charge in [-0.1, -0.05) is 58.5 Å². The second kappa shape index (κ2) is 10.3. The SMILES string of the molecule is CCOc1cc(CNc2cc(Cl)cc(Cl)c2)c(Cl)cc1OCc1cccc(Cl)c1. The van der Waals surface area contributed by atoms with Gasteiger partial charge in [0.1, 0.15) is 6.61 Å². The lowest BCUT2D eigenvalue weighted by molar-refractivity contribution is 0.269. The third kappa shape index (κ3) is 6.35. The van der Waals surface area contributed by atoms with Gasteiger partial charge in [0.2, 0.25) is 0 Å². The average Bonchev–Trinajstić information content (AvgIpc) is 2.66. The first-order valence-electron chi connectivity index (χ1n) is 8.97. The van der Waals surface area contributed by atoms with Crippen LogP contribution in [0.2, 0.25) is 20.1 Å². The van der Waals surface area contributed by atoms with E-state index < -0.39 is 0 Å². The molecule has 3 rings (SSSR count). The molecule has 3 nitrogen and oxygen atoms in total. The summed E-state index contributed by atoms with van der Waals surface area (Å²) in [4.78, 5) is 0. The highest BCUT2D eigenvalue weighted by atomic mass is 35.5. The second-order valence-corrected chi connectivity index (χ2v) is 7.97. The Morgan fingerprint density at radius 2 is 1.52 bits per heavy atom. The van der Waals surface area contributed by atoms with E-state index in [4.69, 9.17) is 55.9 Å². The van der Waals surface area contributed by atoms with E-state index in [9.17, 15) is 0 Å². The molecule has 0 aliphatic carbocycles. The van der Waals surface area contributed by atoms with Gasteiger partial charge in [-0.05, 0) is 54.4 Å². The Morgan fingerprint density at radius 3 is 2.21 bits per heavy atom. The third-order valence-electron chi connectivity index (χ3n) is 4.04. The van der Waals surface area contributed by atoms with E-state index in [1.165, 1.54) is 0 Å². The van der Waals surface area contributed by atoms with E-state index in [1.54, 1.807) is 24.3 Å². The number of benzene rings is 3. The Morgan fingerprint density at radius 1 is 0.793 bits per heavy atom. The number of nitrogens with one attached hydrogen (secondary N) is 1. The summed E-state index contributed by atoms with van der Waals surface area (Å²) in [7, 11) is 0. The highest BCUT2D eigenvalue weighted by molar-refractivity contribution is 6.35. The van der Waals surface area contributed by atoms with Crippen LogP contribution in [0.4, 0.5) is 5.69 Å². The molecule has 0 bridgehead atoms. The lowest BCUT2D eigenvalue weighted by Gasteiger charge is -2.16. The van der Waals surface area contributed by atoms with Crippen molar-refractivity contribution in [1.82, 2.24) is 0 Å². The molecule has 1 N–H and O–H groups in total. The van der Waals surface area contributed by atoms with Gasteiger partial charge in [-0.3, -0.25) is 0 Å². The van der Waals surface area contributed by atoms with Gasteiger partial charge in [0.25, 0.3) is 0 Å². The summed E-state index contributed by atoms with van der Waals surface area (Å²) in [5.74, 6) is 1.20. The van der Waals surface area contributed by atoms with E-state index in [0.717, 1.165) is 16.8 Å². The van der Waals surface area contributed by atoms with Crippen molar-refractivity contribution < 1.29 is 9.47 Å². The molecule has 152 valence electrons. The molecule has 3 aromatic rings. The summed E-state index contributed by atoms with van der Waals surface area (Å²) in [5, 5.41) is 5.62. The van der Waals surface area contributed by atoms with Gasteiger partial charge in [0, 0.05) is 38.4 Å². The third-order valence-corrected chi connectivity index (χ3v) is 5.06. The molecular weight excluding hydrogens is 452 g/mol. The van der Waals surface area contributed by atoms with Crippen molar-refractivity contribution in [3.8, 4) is 11.5 Å². The normalized spacial score (nSPS) is 10.7. The predicted molar refractivity (Wildman–Crippen MR) is 122 cm³/mol. The highest BCUT2D eigenvalue weighted by Gasteiger charge is 2.12. The van der Waals surface area contributed by atoms with Gasteiger partial charge < -0.3 is 14.8 Å². The van der Waals surface area contributed by atoms with E-state index >= 15 is 0 Å². The zero-order chi connectivity index (χ0) is 20.8. The fraction of sp³-hybridized carbons (Fsp3) is 0.182. The number of hydrogen-bond donors (Lipinski definition) is 1. The zero-order valence-electron chi connectivity index (χ0n) is 15.6. The molecule has 0 heterocycles. The van der Waals surface area contributed by atoms with Crippen LogP contribution in [0.1, 0.15) is 18.1 Å². The van der Waals surface area contributed by atoms with E-state index in [0.29, 0.717) is 51.3 Å². The van der Waals surface area contributed by atoms with Gasteiger partial charge in [0.15, 0.2) is 11.5 Å². The first-order chi connectivity index (χ1) is 13.9. The molecule has 0 aliphatic rings. The molecule has 0 aromatic heterocycles. The van der Waals surface area contributed by atoms with Crippen LogP contribution in [0.25, 0.3) is 0 Å². The van der Waals surface area contributed by atoms with Crippen LogP contribution in [0.3, 0.4) is 0 Å². The molecular formula is C22H19Cl4NO2. The first-order valence-corrected chi connectivity index (χ1v) is 10.5. The van der Waals surface area contributed by atoms with Crippen molar-refractivity contribution in [3.63, 3.8) is 0 Å². The first kappa shape index (κ1) is 21.9. The second-order valence-electron chi connectivity index (χ2n) is 6.25. The topological polar surface area (TPSA) is 30.5 Å². The van der Waals surface area contributed by atoms with Crippen LogP contribution in [-0.4, -0.2) is 6.61 Å². The van der Waals surface area contributed by atoms with Gasteiger partial charge >= 0.3 is 0 Å². The van der Waals surface area contributed by atoms with E-state index in [2.05, 4.69) is 5.32 Å². The zero-order valence-corrected chi connectivity index (χ0v) is 18.7. The van der Waals surface area contributed by atoms with Crippen LogP contribution in [0, 0.1) is 0 Å². The summed E-state index contributed by atoms with van der Waals surface area (Å²) in [5.41, 5.74) is 2.62. The number of anilines is 1. The number of rotatable bonds is 8. The Balaban J connectivity index is 1.76. The number of hydrogen-bond acceptors (Lipinski definition) is 3. The summed E-state index contributed by atoms with van der Waals surface area (Å²) < 4.78 is 11.7. The summed E-state index contributed by atoms with van der Waals surface area (Å²) in [6, 6.07) is 16.4. The van der Waals surface area contributed by atoms with Crippen molar-refractivity contribution in [2.45, 2.75) is 20.1 Å². The minimum absolute atomic E-state index is 0.357. The Hall–Kier alpha value is -1.78. The fourth-order valence-corrected chi connectivity index (χ4v) is 3.69. The molecule has 0 unspecified atom stereocenters. The number of ether oxygens (including phenoxy) is 2. The maximum absolute atomic E-state index is 6.49. The Bertz CT molecular complexity index is 974. The standard InChI is InChI=1S/C22H19Cl4NO2/c1-2-28-21-7-15(12-27-19-9-17(24)8-18(25)10-19)20(26)11-22(21)29-13-14-4-3-5-16(23)6-14/h3-11,27H,2,12-13H2,1H3. The maximum atomic E-state index is 6.49. The lowest BCUT2D eigenvalue weighted by Crippen LogP contribution is -2.04. The summed E-state index contributed by atoms with van der Waals surface area (Å²) >= 11 is 24.6. The quantitative estimate of drug-likeness (QED) is 0.363. The molecule has 7 heteroatoms. The molecule has 0 amide bonds. The predicted octanol–water partition coefficient (Wildman–Crippen LogP) is 7.89. The molecule has 0 spiro atoms. The number of halogens is 4. The molecule has 0 saturated heterocycles. The Kier molecular flexibility index (Phi) is 7.79. The Labute approximate surface area is 190 Å². The van der Waals surface area contributed by atoms with Crippen LogP contribution in [0.15, 0.2) is 54.6 Å². The van der Waals surface area contributed by atoms with Crippen molar-refractivity contribution in [2.24, 2.45) is 0 Å². The largest absolute Gasteiger partial charge is 0.490 e. The summed E-state index contributed by atoms with van der Waals surface area (Å²) in [6.07, 6.45) is 0. The molecule has 0 fully saturated rings. The van der Waals surface area contributed by atoms with Gasteiger partial charge in [-0.15, -0.1) is 0 Å². The molecule has 29 heavy (non-hydrogen) atoms. The van der Waals surface area contributed by atoms with Gasteiger partial charge in [-0.2, -0.15) is 0 Å². The average molecular weight is 471 g/mol. The van der Waals surface area contributed by atoms with Crippen LogP contribution in [-0.2, 0) is 13.2 Å². The van der Waals surface area contributed by atoms with Crippen molar-refractivity contribution in [3.05, 3.63) is 85.8 Å². The van der Waals surface area contributed by atoms with Crippen molar-refractivity contribution in [2.75, 3.05) is 11.9 Å². The van der Waals surface area contributed by atoms with Crippen LogP contribution < -0.4 is 14.8 Å². The van der Waals surface area contributed by atoms with Crippen molar-refractivity contribution in [1.29, 1.82) is 0 Å². The van der Waals surface area contributed by atoms with Crippen LogP contribution in [0.5, 0.6) is 11.5 Å². The summed E-state index contributed by atoms with van der Waals surface area (Å²) in [6.45, 7) is 3.26. The van der Waals surface area contributed by atoms with Crippen molar-refractivity contribution >= 4 is 52.1 Å². The highest BCUT2D eigenvalue weighted by Crippen LogP contribution is 2.35. The smallest absolute Gasteiger partial charge is 0.163 e. The monoisotopic (exact) mass is 469 g/mol. The van der Waals surface area contributed by atoms with Gasteiger partial charge in [-0.25, -0.2) is 0 Å². The van der Waals surface area contributed by atoms with E-state index in [-0.39, 0.29) is 0 Å². The molecule has 0 radical (unpaired) electrons. The lowest BCUT2D eigenvalue weighted by atomic mass is 10.2. The van der Waals surface area contributed by atoms with Crippen LogP contribution >= 0.6 is 46.4 Å². The van der Waals surface area contributed by atoms with E-state index in [1.807, 2.05) is 37.3 Å². The fourth-order valence-electron chi connectivity index (χ4n) is 2.73. The molecule has 0 atom stereocenters.